The quantitative estimate of drug-likeness (QED) is 0.461. The van der Waals surface area contributed by atoms with Crippen LogP contribution >= 0.6 is 12.6 Å². The van der Waals surface area contributed by atoms with E-state index >= 15 is 0 Å². The molecule has 1 saturated heterocycles. The van der Waals surface area contributed by atoms with Gasteiger partial charge in [-0.1, -0.05) is 44.9 Å². The SMILES string of the molecule is CCC[N+]1(C(=O)C(=O)C2CCCCC2)CCC(c2cccnc2)C1C(=O)S. The lowest BCUT2D eigenvalue weighted by Gasteiger charge is -2.37. The summed E-state index contributed by atoms with van der Waals surface area (Å²) in [6.45, 7) is 3.02. The molecule has 3 unspecified atom stereocenters. The van der Waals surface area contributed by atoms with Gasteiger partial charge in [0.1, 0.15) is 0 Å². The van der Waals surface area contributed by atoms with Crippen molar-refractivity contribution in [3.8, 4) is 0 Å². The maximum atomic E-state index is 13.5. The Morgan fingerprint density at radius 1 is 1.19 bits per heavy atom. The molecule has 3 atom stereocenters. The molecule has 5 nitrogen and oxygen atoms in total. The second-order valence-electron chi connectivity index (χ2n) is 7.95. The lowest BCUT2D eigenvalue weighted by Crippen LogP contribution is -2.62. The highest BCUT2D eigenvalue weighted by atomic mass is 32.1. The second kappa shape index (κ2) is 8.65. The summed E-state index contributed by atoms with van der Waals surface area (Å²) in [5, 5.41) is -0.306. The van der Waals surface area contributed by atoms with Crippen LogP contribution in [0.4, 0.5) is 0 Å². The monoisotopic (exact) mass is 389 g/mol. The maximum absolute atomic E-state index is 13.5. The molecular weight excluding hydrogens is 360 g/mol. The average Bonchev–Trinajstić information content (AvgIpc) is 3.09. The van der Waals surface area contributed by atoms with Gasteiger partial charge in [-0.15, -0.1) is 0 Å². The maximum Gasteiger partial charge on any atom is 0.382 e. The third-order valence-corrected chi connectivity index (χ3v) is 6.60. The number of amides is 1. The van der Waals surface area contributed by atoms with Crippen molar-refractivity contribution in [2.75, 3.05) is 13.1 Å². The average molecular weight is 390 g/mol. The fourth-order valence-corrected chi connectivity index (χ4v) is 5.48. The summed E-state index contributed by atoms with van der Waals surface area (Å²) < 4.78 is -0.0618. The summed E-state index contributed by atoms with van der Waals surface area (Å²) >= 11 is 4.16. The molecule has 2 heterocycles. The van der Waals surface area contributed by atoms with E-state index in [1.807, 2.05) is 19.1 Å². The number of quaternary nitrogens is 1. The van der Waals surface area contributed by atoms with Crippen molar-refractivity contribution in [2.24, 2.45) is 5.92 Å². The molecule has 146 valence electrons. The van der Waals surface area contributed by atoms with Crippen LogP contribution in [0, 0.1) is 5.92 Å². The molecule has 1 amide bonds. The Morgan fingerprint density at radius 2 is 1.93 bits per heavy atom. The second-order valence-corrected chi connectivity index (χ2v) is 8.39. The molecule has 1 aliphatic heterocycles. The standard InChI is InChI=1S/C21H28N2O3S/c1-2-12-23(20(25)19(24)15-7-4-3-5-8-15)13-10-17(18(23)21(26)27)16-9-6-11-22-14-16/h6,9,11,14-15,17-18H,2-5,7-8,10,12-13H2,1H3/p+1. The fraction of sp³-hybridized carbons (Fsp3) is 0.619. The van der Waals surface area contributed by atoms with Crippen molar-refractivity contribution < 1.29 is 18.9 Å². The predicted molar refractivity (Wildman–Crippen MR) is 106 cm³/mol. The predicted octanol–water partition coefficient (Wildman–Crippen LogP) is 3.30. The molecule has 1 aromatic heterocycles. The number of rotatable bonds is 6. The van der Waals surface area contributed by atoms with Crippen LogP contribution in [0.2, 0.25) is 0 Å². The van der Waals surface area contributed by atoms with E-state index in [-0.39, 0.29) is 33.1 Å². The van der Waals surface area contributed by atoms with Crippen molar-refractivity contribution >= 4 is 29.4 Å². The van der Waals surface area contributed by atoms with E-state index in [0.717, 1.165) is 44.1 Å². The molecule has 0 bridgehead atoms. The lowest BCUT2D eigenvalue weighted by atomic mass is 9.85. The molecule has 1 saturated carbocycles. The van der Waals surface area contributed by atoms with Crippen LogP contribution in [0.1, 0.15) is 63.4 Å². The van der Waals surface area contributed by atoms with Crippen molar-refractivity contribution in [3.05, 3.63) is 30.1 Å². The molecule has 0 spiro atoms. The van der Waals surface area contributed by atoms with Crippen molar-refractivity contribution in [1.29, 1.82) is 0 Å². The van der Waals surface area contributed by atoms with Gasteiger partial charge in [0, 0.05) is 24.7 Å². The minimum Gasteiger partial charge on any atom is -0.284 e. The number of hydrogen-bond acceptors (Lipinski definition) is 4. The van der Waals surface area contributed by atoms with E-state index in [1.54, 1.807) is 12.4 Å². The zero-order valence-electron chi connectivity index (χ0n) is 16.0. The Bertz CT molecular complexity index is 703. The molecule has 0 aromatic carbocycles. The van der Waals surface area contributed by atoms with Gasteiger partial charge < -0.3 is 0 Å². The Kier molecular flexibility index (Phi) is 6.48. The highest BCUT2D eigenvalue weighted by Crippen LogP contribution is 2.41. The highest BCUT2D eigenvalue weighted by Gasteiger charge is 2.58. The van der Waals surface area contributed by atoms with Crippen LogP contribution < -0.4 is 0 Å². The van der Waals surface area contributed by atoms with E-state index in [0.29, 0.717) is 19.5 Å². The number of Topliss-reactive ketones (excluding diaryl/α,β-unsaturated/α-hetero) is 1. The molecule has 2 fully saturated rings. The Labute approximate surface area is 166 Å². The number of ketones is 1. The number of nitrogens with zero attached hydrogens (tertiary/aromatic N) is 2. The minimum atomic E-state index is -0.613. The van der Waals surface area contributed by atoms with Gasteiger partial charge in [0.2, 0.25) is 5.12 Å². The third-order valence-electron chi connectivity index (χ3n) is 6.33. The third kappa shape index (κ3) is 3.87. The zero-order chi connectivity index (χ0) is 19.4. The lowest BCUT2D eigenvalue weighted by molar-refractivity contribution is -0.854. The first-order valence-corrected chi connectivity index (χ1v) is 10.5. The van der Waals surface area contributed by atoms with Gasteiger partial charge in [-0.25, -0.2) is 9.28 Å². The van der Waals surface area contributed by atoms with Crippen LogP contribution in [-0.4, -0.2) is 45.4 Å². The number of carbonyl (C=O) groups excluding carboxylic acids is 3. The summed E-state index contributed by atoms with van der Waals surface area (Å²) in [6.07, 6.45) is 9.61. The minimum absolute atomic E-state index is 0.0618. The topological polar surface area (TPSA) is 64.1 Å². The molecule has 3 rings (SSSR count). The number of aromatic nitrogens is 1. The first-order chi connectivity index (χ1) is 13.0. The Balaban J connectivity index is 1.95. The van der Waals surface area contributed by atoms with Gasteiger partial charge >= 0.3 is 5.91 Å². The van der Waals surface area contributed by atoms with Crippen LogP contribution in [-0.2, 0) is 14.4 Å². The summed E-state index contributed by atoms with van der Waals surface area (Å²) in [4.78, 5) is 43.3. The van der Waals surface area contributed by atoms with E-state index in [1.165, 1.54) is 0 Å². The van der Waals surface area contributed by atoms with E-state index in [4.69, 9.17) is 0 Å². The van der Waals surface area contributed by atoms with Crippen molar-refractivity contribution in [1.82, 2.24) is 4.98 Å². The Hall–Kier alpha value is -1.53. The van der Waals surface area contributed by atoms with Crippen LogP contribution in [0.15, 0.2) is 24.5 Å². The largest absolute Gasteiger partial charge is 0.382 e. The van der Waals surface area contributed by atoms with Gasteiger partial charge in [-0.3, -0.25) is 14.6 Å². The van der Waals surface area contributed by atoms with Crippen LogP contribution in [0.25, 0.3) is 0 Å². The first kappa shape index (κ1) is 20.2. The molecule has 27 heavy (non-hydrogen) atoms. The molecular formula is C21H29N2O3S+. The summed E-state index contributed by atoms with van der Waals surface area (Å²) in [5.41, 5.74) is 0.943. The smallest absolute Gasteiger partial charge is 0.284 e. The number of pyridine rings is 1. The van der Waals surface area contributed by atoms with Gasteiger partial charge in [-0.2, -0.15) is 0 Å². The number of carbonyl (C=O) groups is 3. The Morgan fingerprint density at radius 3 is 2.52 bits per heavy atom. The zero-order valence-corrected chi connectivity index (χ0v) is 16.9. The summed E-state index contributed by atoms with van der Waals surface area (Å²) in [7, 11) is 0. The van der Waals surface area contributed by atoms with E-state index in [9.17, 15) is 14.4 Å². The molecule has 0 N–H and O–H groups in total. The molecule has 6 heteroatoms. The van der Waals surface area contributed by atoms with Crippen molar-refractivity contribution in [2.45, 2.75) is 63.8 Å². The van der Waals surface area contributed by atoms with Crippen molar-refractivity contribution in [3.63, 3.8) is 0 Å². The van der Waals surface area contributed by atoms with Gasteiger partial charge in [0.25, 0.3) is 5.78 Å². The van der Waals surface area contributed by atoms with Gasteiger partial charge in [-0.05, 0) is 30.9 Å². The molecule has 1 aliphatic carbocycles. The van der Waals surface area contributed by atoms with Crippen LogP contribution in [0.3, 0.4) is 0 Å². The van der Waals surface area contributed by atoms with E-state index < -0.39 is 6.04 Å². The molecule has 0 radical (unpaired) electrons. The normalized spacial score (nSPS) is 28.8. The van der Waals surface area contributed by atoms with E-state index in [2.05, 4.69) is 17.6 Å². The van der Waals surface area contributed by atoms with Gasteiger partial charge in [0.15, 0.2) is 6.04 Å². The van der Waals surface area contributed by atoms with Crippen LogP contribution in [0.5, 0.6) is 0 Å². The molecule has 1 aromatic rings. The fourth-order valence-electron chi connectivity index (χ4n) is 5.08. The van der Waals surface area contributed by atoms with Gasteiger partial charge in [0.05, 0.1) is 19.0 Å². The number of thiol groups is 1. The summed E-state index contributed by atoms with van der Waals surface area (Å²) in [5.74, 6) is -0.943. The first-order valence-electron chi connectivity index (χ1n) is 10.1. The molecule has 2 aliphatic rings. The highest BCUT2D eigenvalue weighted by molar-refractivity contribution is 7.96. The summed E-state index contributed by atoms with van der Waals surface area (Å²) in [6, 6.07) is 3.18. The number of likely N-dealkylation sites (tertiary alicyclic amines) is 1. The number of hydrogen-bond donors (Lipinski definition) is 1.